The molecule has 0 aliphatic carbocycles. The minimum absolute atomic E-state index is 0.00361. The first-order valence-corrected chi connectivity index (χ1v) is 5.68. The van der Waals surface area contributed by atoms with Crippen molar-refractivity contribution in [3.63, 3.8) is 0 Å². The number of hydrogen-bond acceptors (Lipinski definition) is 3. The number of aromatic hydroxyl groups is 1. The van der Waals surface area contributed by atoms with E-state index in [0.29, 0.717) is 11.2 Å². The molecule has 6 heteroatoms. The van der Waals surface area contributed by atoms with Gasteiger partial charge in [-0.2, -0.15) is 9.61 Å². The van der Waals surface area contributed by atoms with Gasteiger partial charge in [0.2, 0.25) is 5.88 Å². The summed E-state index contributed by atoms with van der Waals surface area (Å²) in [5.74, 6) is -0.686. The lowest BCUT2D eigenvalue weighted by Gasteiger charge is -2.06. The Bertz CT molecular complexity index is 807. The highest BCUT2D eigenvalue weighted by molar-refractivity contribution is 5.43. The first kappa shape index (κ1) is 11.5. The first-order valence-electron chi connectivity index (χ1n) is 5.68. The molecule has 0 spiro atoms. The van der Waals surface area contributed by atoms with Crippen LogP contribution in [-0.4, -0.2) is 19.7 Å². The van der Waals surface area contributed by atoms with Crippen LogP contribution in [0.15, 0.2) is 41.3 Å². The van der Waals surface area contributed by atoms with E-state index in [0.717, 1.165) is 0 Å². The van der Waals surface area contributed by atoms with Crippen molar-refractivity contribution in [3.8, 4) is 5.88 Å². The number of nitrogens with zero attached hydrogens (tertiary/aromatic N) is 2. The third-order valence-corrected chi connectivity index (χ3v) is 2.95. The lowest BCUT2D eigenvalue weighted by atomic mass is 10.1. The number of hydrogen-bond donors (Lipinski definition) is 2. The topological polar surface area (TPSA) is 70.4 Å². The van der Waals surface area contributed by atoms with Crippen LogP contribution in [-0.2, 0) is 6.42 Å². The van der Waals surface area contributed by atoms with Gasteiger partial charge in [0.15, 0.2) is 0 Å². The summed E-state index contributed by atoms with van der Waals surface area (Å²) in [4.78, 5) is 14.5. The molecule has 0 atom stereocenters. The zero-order valence-electron chi connectivity index (χ0n) is 9.80. The highest BCUT2D eigenvalue weighted by atomic mass is 19.1. The average molecular weight is 259 g/mol. The molecule has 0 radical (unpaired) electrons. The molecule has 0 aliphatic heterocycles. The van der Waals surface area contributed by atoms with Crippen LogP contribution in [0.4, 0.5) is 4.39 Å². The Hall–Kier alpha value is -2.63. The number of benzene rings is 1. The summed E-state index contributed by atoms with van der Waals surface area (Å²) < 4.78 is 14.8. The third-order valence-electron chi connectivity index (χ3n) is 2.95. The van der Waals surface area contributed by atoms with Gasteiger partial charge in [0.25, 0.3) is 5.56 Å². The van der Waals surface area contributed by atoms with Crippen LogP contribution < -0.4 is 5.56 Å². The Morgan fingerprint density at radius 3 is 2.89 bits per heavy atom. The van der Waals surface area contributed by atoms with Crippen molar-refractivity contribution < 1.29 is 9.50 Å². The second kappa shape index (κ2) is 4.24. The summed E-state index contributed by atoms with van der Waals surface area (Å²) in [6, 6.07) is 7.69. The minimum Gasteiger partial charge on any atom is -0.493 e. The second-order valence-electron chi connectivity index (χ2n) is 4.15. The quantitative estimate of drug-likeness (QED) is 0.732. The van der Waals surface area contributed by atoms with Gasteiger partial charge in [0.05, 0.1) is 11.8 Å². The van der Waals surface area contributed by atoms with Crippen LogP contribution in [0, 0.1) is 5.82 Å². The monoisotopic (exact) mass is 259 g/mol. The van der Waals surface area contributed by atoms with E-state index in [1.165, 1.54) is 16.8 Å². The van der Waals surface area contributed by atoms with Crippen molar-refractivity contribution in [1.29, 1.82) is 0 Å². The number of nitrogens with one attached hydrogen (secondary N) is 1. The fraction of sp³-hybridized carbons (Fsp3) is 0.0769. The Morgan fingerprint density at radius 2 is 2.11 bits per heavy atom. The summed E-state index contributed by atoms with van der Waals surface area (Å²) in [7, 11) is 0. The molecule has 3 aromatic rings. The molecule has 0 saturated heterocycles. The molecule has 19 heavy (non-hydrogen) atoms. The van der Waals surface area contributed by atoms with Crippen LogP contribution >= 0.6 is 0 Å². The zero-order chi connectivity index (χ0) is 13.4. The predicted octanol–water partition coefficient (Wildman–Crippen LogP) is 1.46. The van der Waals surface area contributed by atoms with Gasteiger partial charge >= 0.3 is 0 Å². The van der Waals surface area contributed by atoms with Gasteiger partial charge in [-0.1, -0.05) is 18.2 Å². The zero-order valence-corrected chi connectivity index (χ0v) is 9.80. The van der Waals surface area contributed by atoms with Crippen LogP contribution in [0.25, 0.3) is 5.65 Å². The van der Waals surface area contributed by atoms with E-state index in [4.69, 9.17) is 0 Å². The van der Waals surface area contributed by atoms with E-state index in [-0.39, 0.29) is 17.9 Å². The van der Waals surface area contributed by atoms with Gasteiger partial charge in [-0.05, 0) is 11.6 Å². The molecule has 0 saturated carbocycles. The summed E-state index contributed by atoms with van der Waals surface area (Å²) >= 11 is 0. The number of rotatable bonds is 2. The molecule has 0 amide bonds. The second-order valence-corrected chi connectivity index (χ2v) is 4.15. The largest absolute Gasteiger partial charge is 0.493 e. The fourth-order valence-corrected chi connectivity index (χ4v) is 1.98. The van der Waals surface area contributed by atoms with Crippen molar-refractivity contribution in [2.45, 2.75) is 6.42 Å². The highest BCUT2D eigenvalue weighted by Gasteiger charge is 2.14. The molecule has 0 bridgehead atoms. The Morgan fingerprint density at radius 1 is 1.32 bits per heavy atom. The summed E-state index contributed by atoms with van der Waals surface area (Å²) in [6.45, 7) is 0. The van der Waals surface area contributed by atoms with E-state index in [9.17, 15) is 14.3 Å². The molecule has 96 valence electrons. The van der Waals surface area contributed by atoms with Crippen molar-refractivity contribution >= 4 is 5.65 Å². The summed E-state index contributed by atoms with van der Waals surface area (Å²) in [5.41, 5.74) is 0.365. The van der Waals surface area contributed by atoms with Gasteiger partial charge < -0.3 is 10.1 Å². The maximum atomic E-state index is 13.6. The normalized spacial score (nSPS) is 11.0. The van der Waals surface area contributed by atoms with E-state index in [1.807, 2.05) is 0 Å². The van der Waals surface area contributed by atoms with Gasteiger partial charge in [-0.3, -0.25) is 4.79 Å². The van der Waals surface area contributed by atoms with Crippen molar-refractivity contribution in [2.75, 3.05) is 0 Å². The fourth-order valence-electron chi connectivity index (χ4n) is 1.98. The average Bonchev–Trinajstić information content (AvgIpc) is 2.84. The molecule has 2 heterocycles. The van der Waals surface area contributed by atoms with Gasteiger partial charge in [-0.15, -0.1) is 0 Å². The van der Waals surface area contributed by atoms with Crippen molar-refractivity contribution in [3.05, 3.63) is 63.8 Å². The van der Waals surface area contributed by atoms with E-state index in [1.54, 1.807) is 24.3 Å². The molecule has 5 nitrogen and oxygen atoms in total. The van der Waals surface area contributed by atoms with Crippen LogP contribution in [0.3, 0.4) is 0 Å². The molecule has 0 fully saturated rings. The van der Waals surface area contributed by atoms with Crippen molar-refractivity contribution in [2.24, 2.45) is 0 Å². The lowest BCUT2D eigenvalue weighted by Crippen LogP contribution is -2.16. The SMILES string of the molecule is O=c1[nH]c2ccnn2c(O)c1Cc1ccccc1F. The van der Waals surface area contributed by atoms with Gasteiger partial charge in [0.1, 0.15) is 11.5 Å². The molecule has 2 aromatic heterocycles. The lowest BCUT2D eigenvalue weighted by molar-refractivity contribution is 0.427. The molecule has 3 rings (SSSR count). The molecule has 2 N–H and O–H groups in total. The van der Waals surface area contributed by atoms with Gasteiger partial charge in [0, 0.05) is 12.5 Å². The molecular formula is C13H10FN3O2. The highest BCUT2D eigenvalue weighted by Crippen LogP contribution is 2.18. The number of halogens is 1. The molecule has 0 unspecified atom stereocenters. The molecular weight excluding hydrogens is 249 g/mol. The minimum atomic E-state index is -0.450. The molecule has 1 aromatic carbocycles. The number of aromatic nitrogens is 3. The first-order chi connectivity index (χ1) is 9.16. The number of fused-ring (bicyclic) bond motifs is 1. The summed E-state index contributed by atoms with van der Waals surface area (Å²) in [6.07, 6.45) is 1.46. The van der Waals surface area contributed by atoms with Crippen LogP contribution in [0.1, 0.15) is 11.1 Å². The number of aromatic amines is 1. The number of H-pyrrole nitrogens is 1. The van der Waals surface area contributed by atoms with Crippen LogP contribution in [0.5, 0.6) is 5.88 Å². The Kier molecular flexibility index (Phi) is 2.56. The maximum absolute atomic E-state index is 13.6. The smallest absolute Gasteiger partial charge is 0.258 e. The van der Waals surface area contributed by atoms with Gasteiger partial charge in [-0.25, -0.2) is 4.39 Å². The summed E-state index contributed by atoms with van der Waals surface area (Å²) in [5, 5.41) is 13.9. The van der Waals surface area contributed by atoms with E-state index in [2.05, 4.69) is 10.1 Å². The molecule has 0 aliphatic rings. The standard InChI is InChI=1S/C13H10FN3O2/c14-10-4-2-1-3-8(10)7-9-12(18)16-11-5-6-15-17(11)13(9)19/h1-6,19H,7H2,(H,16,18). The van der Waals surface area contributed by atoms with Crippen molar-refractivity contribution in [1.82, 2.24) is 14.6 Å². The Labute approximate surface area is 107 Å². The van der Waals surface area contributed by atoms with Crippen LogP contribution in [0.2, 0.25) is 0 Å². The van der Waals surface area contributed by atoms with E-state index >= 15 is 0 Å². The third kappa shape index (κ3) is 1.87. The Balaban J connectivity index is 2.15. The predicted molar refractivity (Wildman–Crippen MR) is 66.7 cm³/mol. The van der Waals surface area contributed by atoms with E-state index < -0.39 is 11.4 Å². The maximum Gasteiger partial charge on any atom is 0.258 e.